The molecule has 3 atom stereocenters. The molecule has 0 radical (unpaired) electrons. The molecule has 0 spiro atoms. The van der Waals surface area contributed by atoms with Gasteiger partial charge in [0.25, 0.3) is 10.1 Å². The van der Waals surface area contributed by atoms with Gasteiger partial charge < -0.3 is 14.2 Å². The third-order valence-corrected chi connectivity index (χ3v) is 6.31. The number of hydrogen-bond acceptors (Lipinski definition) is 6. The smallest absolute Gasteiger partial charge is 0.264 e. The molecule has 2 aliphatic heterocycles. The molecule has 0 bridgehead atoms. The summed E-state index contributed by atoms with van der Waals surface area (Å²) in [7, 11) is -3.49. The fourth-order valence-corrected chi connectivity index (χ4v) is 4.60. The molecule has 0 aromatic rings. The minimum Gasteiger partial charge on any atom is -0.370 e. The number of ether oxygens (including phenoxy) is 3. The third kappa shape index (κ3) is 9.78. The summed E-state index contributed by atoms with van der Waals surface area (Å²) in [4.78, 5) is 0. The van der Waals surface area contributed by atoms with Crippen molar-refractivity contribution in [3.05, 3.63) is 22.3 Å². The first-order valence-corrected chi connectivity index (χ1v) is 13.1. The van der Waals surface area contributed by atoms with Crippen molar-refractivity contribution in [2.24, 2.45) is 5.41 Å². The van der Waals surface area contributed by atoms with Gasteiger partial charge in [0.05, 0.1) is 37.8 Å². The monoisotopic (exact) mass is 542 g/mol. The predicted molar refractivity (Wildman–Crippen MR) is 122 cm³/mol. The molecule has 6 nitrogen and oxygen atoms in total. The van der Waals surface area contributed by atoms with E-state index in [0.717, 1.165) is 41.1 Å². The second kappa shape index (κ2) is 11.0. The SMILES string of the molecule is C=C(I)CC[C@@H](CC[C@@H]1O[C@@H](CCC2OCC(C)(C)CO2)CC1=C)OS(C)(=O)=O. The van der Waals surface area contributed by atoms with Gasteiger partial charge in [0, 0.05) is 11.8 Å². The topological polar surface area (TPSA) is 71.1 Å². The lowest BCUT2D eigenvalue weighted by atomic mass is 9.95. The summed E-state index contributed by atoms with van der Waals surface area (Å²) in [6.07, 6.45) is 5.78. The molecule has 2 rings (SSSR count). The molecule has 2 saturated heterocycles. The number of allylic oxidation sites excluding steroid dienone is 1. The molecule has 0 aliphatic carbocycles. The van der Waals surface area contributed by atoms with E-state index in [1.54, 1.807) is 0 Å². The lowest BCUT2D eigenvalue weighted by molar-refractivity contribution is -0.225. The van der Waals surface area contributed by atoms with Crippen LogP contribution in [0.3, 0.4) is 0 Å². The number of rotatable bonds is 11. The fraction of sp³-hybridized carbons (Fsp3) is 0.810. The normalized spacial score (nSPS) is 26.6. The average molecular weight is 542 g/mol. The van der Waals surface area contributed by atoms with Crippen LogP contribution in [-0.4, -0.2) is 52.5 Å². The molecule has 0 unspecified atom stereocenters. The van der Waals surface area contributed by atoms with Gasteiger partial charge in [-0.1, -0.05) is 27.0 Å². The van der Waals surface area contributed by atoms with Crippen molar-refractivity contribution in [1.82, 2.24) is 0 Å². The van der Waals surface area contributed by atoms with Crippen LogP contribution < -0.4 is 0 Å². The molecule has 168 valence electrons. The minimum atomic E-state index is -3.49. The van der Waals surface area contributed by atoms with E-state index in [-0.39, 0.29) is 30.0 Å². The highest BCUT2D eigenvalue weighted by atomic mass is 127. The van der Waals surface area contributed by atoms with Crippen LogP contribution in [0.15, 0.2) is 22.3 Å². The van der Waals surface area contributed by atoms with Gasteiger partial charge in [-0.15, -0.1) is 0 Å². The Morgan fingerprint density at radius 1 is 1.24 bits per heavy atom. The fourth-order valence-electron chi connectivity index (χ4n) is 3.60. The van der Waals surface area contributed by atoms with E-state index in [9.17, 15) is 8.42 Å². The van der Waals surface area contributed by atoms with E-state index in [1.807, 2.05) is 0 Å². The zero-order valence-electron chi connectivity index (χ0n) is 17.8. The lowest BCUT2D eigenvalue weighted by Crippen LogP contribution is -2.38. The van der Waals surface area contributed by atoms with E-state index in [0.29, 0.717) is 32.5 Å². The van der Waals surface area contributed by atoms with Gasteiger partial charge >= 0.3 is 0 Å². The van der Waals surface area contributed by atoms with Gasteiger partial charge in [0.1, 0.15) is 0 Å². The van der Waals surface area contributed by atoms with Crippen molar-refractivity contribution in [3.63, 3.8) is 0 Å². The summed E-state index contributed by atoms with van der Waals surface area (Å²) in [6.45, 7) is 13.7. The second-order valence-corrected chi connectivity index (χ2v) is 12.1. The summed E-state index contributed by atoms with van der Waals surface area (Å²) in [5.41, 5.74) is 1.14. The molecule has 2 aliphatic rings. The zero-order valence-corrected chi connectivity index (χ0v) is 20.8. The first-order chi connectivity index (χ1) is 13.4. The summed E-state index contributed by atoms with van der Waals surface area (Å²) < 4.78 is 47.1. The molecule has 8 heteroatoms. The van der Waals surface area contributed by atoms with Crippen LogP contribution in [-0.2, 0) is 28.5 Å². The van der Waals surface area contributed by atoms with Gasteiger partial charge in [-0.2, -0.15) is 8.42 Å². The van der Waals surface area contributed by atoms with E-state index in [2.05, 4.69) is 49.6 Å². The van der Waals surface area contributed by atoms with Crippen LogP contribution >= 0.6 is 22.6 Å². The second-order valence-electron chi connectivity index (χ2n) is 8.96. The van der Waals surface area contributed by atoms with Crippen LogP contribution in [0.4, 0.5) is 0 Å². The van der Waals surface area contributed by atoms with Crippen molar-refractivity contribution in [3.8, 4) is 0 Å². The van der Waals surface area contributed by atoms with Crippen LogP contribution in [0.5, 0.6) is 0 Å². The van der Waals surface area contributed by atoms with Crippen LogP contribution in [0, 0.1) is 5.41 Å². The summed E-state index contributed by atoms with van der Waals surface area (Å²) in [5.74, 6) is 0. The first-order valence-electron chi connectivity index (χ1n) is 10.2. The molecule has 2 heterocycles. The maximum atomic E-state index is 11.6. The highest BCUT2D eigenvalue weighted by molar-refractivity contribution is 14.1. The molecule has 29 heavy (non-hydrogen) atoms. The van der Waals surface area contributed by atoms with Crippen molar-refractivity contribution >= 4 is 32.7 Å². The number of halogens is 1. The quantitative estimate of drug-likeness (QED) is 0.214. The summed E-state index contributed by atoms with van der Waals surface area (Å²) in [6, 6.07) is 0. The van der Waals surface area contributed by atoms with Crippen molar-refractivity contribution < 1.29 is 26.8 Å². The van der Waals surface area contributed by atoms with E-state index in [1.165, 1.54) is 0 Å². The van der Waals surface area contributed by atoms with Gasteiger partial charge in [-0.25, -0.2) is 0 Å². The molecule has 0 N–H and O–H groups in total. The lowest BCUT2D eigenvalue weighted by Gasteiger charge is -2.34. The van der Waals surface area contributed by atoms with Gasteiger partial charge in [0.15, 0.2) is 6.29 Å². The highest BCUT2D eigenvalue weighted by Gasteiger charge is 2.32. The molecule has 0 amide bonds. The third-order valence-electron chi connectivity index (χ3n) is 5.15. The Kier molecular flexibility index (Phi) is 9.62. The molecule has 2 fully saturated rings. The standard InChI is InChI=1S/C21H35IO6S/c1-15-12-18(9-11-20-25-13-21(3,4)14-26-20)27-19(15)10-8-17(7-6-16(2)22)28-29(5,23)24/h17-20H,1-2,6-14H2,3-5H3/t17-,18-,19-/m0/s1. The summed E-state index contributed by atoms with van der Waals surface area (Å²) in [5, 5.41) is 0. The Morgan fingerprint density at radius 2 is 1.90 bits per heavy atom. The molecule has 0 aromatic heterocycles. The Morgan fingerprint density at radius 3 is 2.48 bits per heavy atom. The molecular weight excluding hydrogens is 507 g/mol. The van der Waals surface area contributed by atoms with Crippen molar-refractivity contribution in [2.75, 3.05) is 19.5 Å². The van der Waals surface area contributed by atoms with Crippen LogP contribution in [0.25, 0.3) is 0 Å². The van der Waals surface area contributed by atoms with Gasteiger partial charge in [-0.3, -0.25) is 4.18 Å². The van der Waals surface area contributed by atoms with Gasteiger partial charge in [0.2, 0.25) is 0 Å². The maximum absolute atomic E-state index is 11.6. The molecular formula is C21H35IO6S. The van der Waals surface area contributed by atoms with Crippen molar-refractivity contribution in [2.45, 2.75) is 83.4 Å². The first kappa shape index (κ1) is 25.3. The predicted octanol–water partition coefficient (Wildman–Crippen LogP) is 4.73. The molecule has 0 aromatic carbocycles. The largest absolute Gasteiger partial charge is 0.370 e. The van der Waals surface area contributed by atoms with E-state index in [4.69, 9.17) is 18.4 Å². The maximum Gasteiger partial charge on any atom is 0.264 e. The minimum absolute atomic E-state index is 0.0550. The van der Waals surface area contributed by atoms with Crippen LogP contribution in [0.2, 0.25) is 0 Å². The Balaban J connectivity index is 1.76. The zero-order chi connectivity index (χ0) is 21.7. The molecule has 0 saturated carbocycles. The average Bonchev–Trinajstić information content (AvgIpc) is 2.95. The Bertz CT molecular complexity index is 665. The van der Waals surface area contributed by atoms with Crippen molar-refractivity contribution in [1.29, 1.82) is 0 Å². The highest BCUT2D eigenvalue weighted by Crippen LogP contribution is 2.33. The van der Waals surface area contributed by atoms with Crippen LogP contribution in [0.1, 0.15) is 58.8 Å². The van der Waals surface area contributed by atoms with E-state index < -0.39 is 10.1 Å². The summed E-state index contributed by atoms with van der Waals surface area (Å²) >= 11 is 2.16. The van der Waals surface area contributed by atoms with E-state index >= 15 is 0 Å². The Labute approximate surface area is 189 Å². The van der Waals surface area contributed by atoms with Gasteiger partial charge in [-0.05, 0) is 70.3 Å². The number of hydrogen-bond donors (Lipinski definition) is 0. The Hall–Kier alpha value is 0.